The van der Waals surface area contributed by atoms with Crippen LogP contribution in [0.3, 0.4) is 0 Å². The summed E-state index contributed by atoms with van der Waals surface area (Å²) in [7, 11) is 2.10. The fraction of sp³-hybridized carbons (Fsp3) is 0.462. The summed E-state index contributed by atoms with van der Waals surface area (Å²) in [5, 5.41) is 22.8. The van der Waals surface area contributed by atoms with E-state index in [1.807, 2.05) is 6.20 Å². The van der Waals surface area contributed by atoms with E-state index in [0.717, 1.165) is 12.3 Å². The Hall–Kier alpha value is -2.35. The number of amidine groups is 1. The van der Waals surface area contributed by atoms with Gasteiger partial charge in [0, 0.05) is 12.4 Å². The number of aliphatic imine (C=N–C) groups is 1. The average Bonchev–Trinajstić information content (AvgIpc) is 3.17. The smallest absolute Gasteiger partial charge is 0.281 e. The van der Waals surface area contributed by atoms with Crippen LogP contribution in [0.1, 0.15) is 38.1 Å². The lowest BCUT2D eigenvalue weighted by Crippen LogP contribution is -2.50. The third-order valence-corrected chi connectivity index (χ3v) is 4.10. The average molecular weight is 287 g/mol. The topological polar surface area (TPSA) is 88.0 Å². The van der Waals surface area contributed by atoms with Crippen molar-refractivity contribution in [2.75, 3.05) is 7.05 Å². The molecule has 0 saturated heterocycles. The maximum atomic E-state index is 4.42. The molecule has 2 aliphatic rings. The van der Waals surface area contributed by atoms with Gasteiger partial charge in [0.05, 0.1) is 19.3 Å². The van der Waals surface area contributed by atoms with Crippen LogP contribution in [-0.4, -0.2) is 43.8 Å². The van der Waals surface area contributed by atoms with Crippen molar-refractivity contribution in [3.63, 3.8) is 0 Å². The van der Waals surface area contributed by atoms with Crippen LogP contribution >= 0.6 is 0 Å². The lowest BCUT2D eigenvalue weighted by atomic mass is 10.2. The molecule has 8 heteroatoms. The molecular weight excluding hydrogens is 268 g/mol. The predicted molar refractivity (Wildman–Crippen MR) is 77.4 cm³/mol. The Labute approximate surface area is 123 Å². The number of quaternary nitrogens is 1. The van der Waals surface area contributed by atoms with E-state index in [9.17, 15) is 0 Å². The van der Waals surface area contributed by atoms with Gasteiger partial charge in [-0.3, -0.25) is 0 Å². The second-order valence-corrected chi connectivity index (χ2v) is 5.34. The third kappa shape index (κ3) is 2.27. The summed E-state index contributed by atoms with van der Waals surface area (Å²) in [4.78, 5) is 4.42. The molecule has 3 rings (SSSR count). The summed E-state index contributed by atoms with van der Waals surface area (Å²) < 4.78 is 0.570. The highest BCUT2D eigenvalue weighted by Gasteiger charge is 2.39. The molecule has 8 nitrogen and oxygen atoms in total. The van der Waals surface area contributed by atoms with Crippen molar-refractivity contribution in [2.24, 2.45) is 4.99 Å². The standard InChI is InChI=1S/C13H19N8/c1-4-9(2)21(3)8-7-16-13(21)12-19-17-11(18-20-12)10-14-5-6-15-10/h5-10,14-15H,4H2,1-3H3/q+1. The van der Waals surface area contributed by atoms with E-state index >= 15 is 0 Å². The van der Waals surface area contributed by atoms with Crippen molar-refractivity contribution >= 4 is 5.84 Å². The Kier molecular flexibility index (Phi) is 3.38. The van der Waals surface area contributed by atoms with E-state index in [1.54, 1.807) is 18.6 Å². The van der Waals surface area contributed by atoms with Crippen molar-refractivity contribution in [1.29, 1.82) is 0 Å². The van der Waals surface area contributed by atoms with Gasteiger partial charge in [0.25, 0.3) is 11.7 Å². The third-order valence-electron chi connectivity index (χ3n) is 4.10. The highest BCUT2D eigenvalue weighted by molar-refractivity contribution is 5.91. The Morgan fingerprint density at radius 3 is 2.48 bits per heavy atom. The zero-order valence-corrected chi connectivity index (χ0v) is 12.4. The highest BCUT2D eigenvalue weighted by Crippen LogP contribution is 2.23. The summed E-state index contributed by atoms with van der Waals surface area (Å²) in [6.07, 6.45) is 8.29. The summed E-state index contributed by atoms with van der Waals surface area (Å²) >= 11 is 0. The van der Waals surface area contributed by atoms with E-state index in [-0.39, 0.29) is 6.17 Å². The zero-order chi connectivity index (χ0) is 14.9. The van der Waals surface area contributed by atoms with Gasteiger partial charge >= 0.3 is 0 Å². The Bertz CT molecular complexity index is 597. The van der Waals surface area contributed by atoms with Crippen LogP contribution in [0.5, 0.6) is 0 Å². The second kappa shape index (κ2) is 5.21. The maximum absolute atomic E-state index is 4.42. The van der Waals surface area contributed by atoms with Crippen LogP contribution in [0.4, 0.5) is 0 Å². The van der Waals surface area contributed by atoms with E-state index < -0.39 is 0 Å². The van der Waals surface area contributed by atoms with Crippen LogP contribution < -0.4 is 10.6 Å². The van der Waals surface area contributed by atoms with Crippen molar-refractivity contribution in [3.05, 3.63) is 36.4 Å². The molecular formula is C13H19N8+. The minimum absolute atomic E-state index is 0.168. The molecule has 2 N–H and O–H groups in total. The molecule has 0 aromatic carbocycles. The molecule has 21 heavy (non-hydrogen) atoms. The molecule has 0 aliphatic carbocycles. The van der Waals surface area contributed by atoms with E-state index in [2.05, 4.69) is 56.9 Å². The van der Waals surface area contributed by atoms with Crippen molar-refractivity contribution < 1.29 is 4.48 Å². The lowest BCUT2D eigenvalue weighted by Gasteiger charge is -2.32. The monoisotopic (exact) mass is 287 g/mol. The van der Waals surface area contributed by atoms with Gasteiger partial charge < -0.3 is 10.6 Å². The maximum Gasteiger partial charge on any atom is 0.281 e. The van der Waals surface area contributed by atoms with E-state index in [4.69, 9.17) is 0 Å². The lowest BCUT2D eigenvalue weighted by molar-refractivity contribution is -0.790. The molecule has 0 amide bonds. The summed E-state index contributed by atoms with van der Waals surface area (Å²) in [5.74, 6) is 1.76. The van der Waals surface area contributed by atoms with Crippen LogP contribution in [0.25, 0.3) is 0 Å². The molecule has 110 valence electrons. The first kappa shape index (κ1) is 13.6. The van der Waals surface area contributed by atoms with E-state index in [0.29, 0.717) is 22.2 Å². The quantitative estimate of drug-likeness (QED) is 0.780. The van der Waals surface area contributed by atoms with Gasteiger partial charge in [-0.15, -0.1) is 20.4 Å². The highest BCUT2D eigenvalue weighted by atomic mass is 15.4. The summed E-state index contributed by atoms with van der Waals surface area (Å²) in [6.45, 7) is 4.33. The molecule has 2 atom stereocenters. The molecule has 0 fully saturated rings. The van der Waals surface area contributed by atoms with E-state index in [1.165, 1.54) is 0 Å². The number of rotatable bonds is 4. The van der Waals surface area contributed by atoms with Crippen LogP contribution in [-0.2, 0) is 0 Å². The van der Waals surface area contributed by atoms with Crippen molar-refractivity contribution in [1.82, 2.24) is 31.0 Å². The van der Waals surface area contributed by atoms with Gasteiger partial charge in [-0.2, -0.15) is 4.99 Å². The predicted octanol–water partition coefficient (Wildman–Crippen LogP) is 0.406. The van der Waals surface area contributed by atoms with Gasteiger partial charge in [-0.1, -0.05) is 6.92 Å². The van der Waals surface area contributed by atoms with Crippen LogP contribution in [0, 0.1) is 0 Å². The largest absolute Gasteiger partial charge is 0.364 e. The Morgan fingerprint density at radius 2 is 1.86 bits per heavy atom. The molecule has 0 saturated carbocycles. The van der Waals surface area contributed by atoms with Gasteiger partial charge in [-0.25, -0.2) is 4.48 Å². The number of nitrogens with zero attached hydrogens (tertiary/aromatic N) is 6. The molecule has 3 heterocycles. The molecule has 0 radical (unpaired) electrons. The van der Waals surface area contributed by atoms with Crippen LogP contribution in [0.15, 0.2) is 29.8 Å². The minimum atomic E-state index is -0.168. The number of aromatic nitrogens is 4. The number of hydrogen-bond acceptors (Lipinski definition) is 7. The summed E-state index contributed by atoms with van der Waals surface area (Å²) in [6, 6.07) is 0.383. The molecule has 0 spiro atoms. The molecule has 0 bridgehead atoms. The fourth-order valence-corrected chi connectivity index (χ4v) is 2.37. The van der Waals surface area contributed by atoms with Gasteiger partial charge in [0.1, 0.15) is 6.20 Å². The first-order chi connectivity index (χ1) is 10.1. The summed E-state index contributed by atoms with van der Waals surface area (Å²) in [5.41, 5.74) is 0. The van der Waals surface area contributed by atoms with Crippen molar-refractivity contribution in [2.45, 2.75) is 32.5 Å². The fourth-order valence-electron chi connectivity index (χ4n) is 2.37. The van der Waals surface area contributed by atoms with Gasteiger partial charge in [0.15, 0.2) is 6.17 Å². The van der Waals surface area contributed by atoms with Crippen molar-refractivity contribution in [3.8, 4) is 0 Å². The minimum Gasteiger partial charge on any atom is -0.364 e. The number of hydrogen-bond donors (Lipinski definition) is 2. The number of nitrogens with one attached hydrogen (secondary N) is 2. The molecule has 1 aromatic heterocycles. The Balaban J connectivity index is 1.84. The normalized spacial score (nSPS) is 25.6. The van der Waals surface area contributed by atoms with Gasteiger partial charge in [-0.05, 0) is 13.3 Å². The Morgan fingerprint density at radius 1 is 1.19 bits per heavy atom. The molecule has 1 aromatic rings. The first-order valence-corrected chi connectivity index (χ1v) is 7.02. The van der Waals surface area contributed by atoms with Gasteiger partial charge in [0.2, 0.25) is 5.82 Å². The SMILES string of the molecule is CCC(C)[N+]1(C)C=CN=C1c1nnc(C2NC=CN2)nn1. The zero-order valence-electron chi connectivity index (χ0n) is 12.4. The second-order valence-electron chi connectivity index (χ2n) is 5.34. The molecule has 2 unspecified atom stereocenters. The molecule has 2 aliphatic heterocycles. The first-order valence-electron chi connectivity index (χ1n) is 7.02. The van der Waals surface area contributed by atoms with Crippen LogP contribution in [0.2, 0.25) is 0 Å².